The molecule has 0 aliphatic heterocycles. The minimum atomic E-state index is 0.817. The molecule has 0 aromatic carbocycles. The Morgan fingerprint density at radius 1 is 1.25 bits per heavy atom. The average molecular weight is 168 g/mol. The van der Waals surface area contributed by atoms with E-state index in [9.17, 15) is 0 Å². The first-order valence-corrected chi connectivity index (χ1v) is 5.05. The second kappa shape index (κ2) is 5.23. The molecule has 1 fully saturated rings. The molecule has 0 spiro atoms. The number of hydrogen-bond donors (Lipinski definition) is 0. The van der Waals surface area contributed by atoms with Crippen LogP contribution in [0.1, 0.15) is 39.5 Å². The highest BCUT2D eigenvalue weighted by Crippen LogP contribution is 2.28. The Bertz CT molecular complexity index is 132. The summed E-state index contributed by atoms with van der Waals surface area (Å²) in [5, 5.41) is 0. The summed E-state index contributed by atoms with van der Waals surface area (Å²) >= 11 is 0. The summed E-state index contributed by atoms with van der Waals surface area (Å²) in [6, 6.07) is 0. The molecule has 0 N–H and O–H groups in total. The Labute approximate surface area is 75.8 Å². The van der Waals surface area contributed by atoms with Crippen LogP contribution in [0, 0.1) is 11.8 Å². The Hall–Kier alpha value is -0.460. The lowest BCUT2D eigenvalue weighted by molar-refractivity contribution is 0.151. The predicted octanol–water partition coefficient (Wildman–Crippen LogP) is 3.36. The highest BCUT2D eigenvalue weighted by molar-refractivity contribution is 4.71. The van der Waals surface area contributed by atoms with Crippen molar-refractivity contribution in [3.63, 3.8) is 0 Å². The third-order valence-electron chi connectivity index (χ3n) is 2.70. The first-order chi connectivity index (χ1) is 5.83. The zero-order chi connectivity index (χ0) is 8.81. The lowest BCUT2D eigenvalue weighted by atomic mass is 9.83. The van der Waals surface area contributed by atoms with Crippen molar-refractivity contribution < 1.29 is 4.74 Å². The molecule has 1 heteroatoms. The number of allylic oxidation sites excluding steroid dienone is 1. The molecule has 0 unspecified atom stereocenters. The van der Waals surface area contributed by atoms with Gasteiger partial charge in [0.2, 0.25) is 0 Å². The molecule has 0 radical (unpaired) electrons. The van der Waals surface area contributed by atoms with Crippen LogP contribution in [0.3, 0.4) is 0 Å². The van der Waals surface area contributed by atoms with Crippen LogP contribution in [0.15, 0.2) is 12.3 Å². The maximum absolute atomic E-state index is 5.38. The van der Waals surface area contributed by atoms with Gasteiger partial charge in [0, 0.05) is 0 Å². The fourth-order valence-corrected chi connectivity index (χ4v) is 1.78. The van der Waals surface area contributed by atoms with Gasteiger partial charge < -0.3 is 4.74 Å². The third kappa shape index (κ3) is 3.29. The molecular formula is C11H20O. The maximum atomic E-state index is 5.38. The standard InChI is InChI=1S/C11H20O/c1-3-8-12-9-11-6-4-10(2)5-7-11/h3,8,10-11H,4-7,9H2,1-2H3. The number of ether oxygens (including phenoxy) is 1. The van der Waals surface area contributed by atoms with Gasteiger partial charge in [0.1, 0.15) is 0 Å². The highest BCUT2D eigenvalue weighted by Gasteiger charge is 2.17. The Morgan fingerprint density at radius 2 is 1.92 bits per heavy atom. The molecular weight excluding hydrogens is 148 g/mol. The topological polar surface area (TPSA) is 9.23 Å². The van der Waals surface area contributed by atoms with Gasteiger partial charge in [-0.25, -0.2) is 0 Å². The van der Waals surface area contributed by atoms with Crippen LogP contribution >= 0.6 is 0 Å². The molecule has 1 nitrogen and oxygen atoms in total. The summed E-state index contributed by atoms with van der Waals surface area (Å²) < 4.78 is 5.38. The highest BCUT2D eigenvalue weighted by atomic mass is 16.5. The molecule has 0 amide bonds. The summed E-state index contributed by atoms with van der Waals surface area (Å²) in [6.45, 7) is 5.27. The lowest BCUT2D eigenvalue weighted by Crippen LogP contribution is -2.16. The monoisotopic (exact) mass is 168 g/mol. The Morgan fingerprint density at radius 3 is 2.50 bits per heavy atom. The molecule has 1 aliphatic carbocycles. The maximum Gasteiger partial charge on any atom is 0.0901 e. The molecule has 0 aromatic heterocycles. The third-order valence-corrected chi connectivity index (χ3v) is 2.70. The normalized spacial score (nSPS) is 30.8. The van der Waals surface area contributed by atoms with Gasteiger partial charge in [-0.1, -0.05) is 25.8 Å². The molecule has 0 bridgehead atoms. The van der Waals surface area contributed by atoms with Crippen molar-refractivity contribution in [3.8, 4) is 0 Å². The van der Waals surface area contributed by atoms with Crippen LogP contribution in [-0.2, 0) is 4.74 Å². The lowest BCUT2D eigenvalue weighted by Gasteiger charge is -2.25. The van der Waals surface area contributed by atoms with E-state index in [0.717, 1.165) is 18.4 Å². The van der Waals surface area contributed by atoms with E-state index in [0.29, 0.717) is 0 Å². The summed E-state index contributed by atoms with van der Waals surface area (Å²) in [5.74, 6) is 1.76. The average Bonchev–Trinajstić information content (AvgIpc) is 2.09. The molecule has 0 saturated heterocycles. The van der Waals surface area contributed by atoms with Crippen LogP contribution in [-0.4, -0.2) is 6.61 Å². The van der Waals surface area contributed by atoms with Gasteiger partial charge in [0.25, 0.3) is 0 Å². The molecule has 70 valence electrons. The molecule has 1 saturated carbocycles. The summed E-state index contributed by atoms with van der Waals surface area (Å²) in [6.07, 6.45) is 9.26. The molecule has 0 atom stereocenters. The molecule has 1 rings (SSSR count). The predicted molar refractivity (Wildman–Crippen MR) is 51.9 cm³/mol. The van der Waals surface area contributed by atoms with E-state index in [4.69, 9.17) is 4.74 Å². The fourth-order valence-electron chi connectivity index (χ4n) is 1.78. The van der Waals surface area contributed by atoms with E-state index in [1.165, 1.54) is 25.7 Å². The quantitative estimate of drug-likeness (QED) is 0.587. The Kier molecular flexibility index (Phi) is 4.20. The van der Waals surface area contributed by atoms with Crippen LogP contribution in [0.25, 0.3) is 0 Å². The van der Waals surface area contributed by atoms with Crippen molar-refractivity contribution >= 4 is 0 Å². The van der Waals surface area contributed by atoms with Crippen molar-refractivity contribution in [1.82, 2.24) is 0 Å². The number of hydrogen-bond acceptors (Lipinski definition) is 1. The van der Waals surface area contributed by atoms with Crippen molar-refractivity contribution in [2.45, 2.75) is 39.5 Å². The molecule has 0 heterocycles. The minimum Gasteiger partial charge on any atom is -0.501 e. The van der Waals surface area contributed by atoms with Gasteiger partial charge in [0.05, 0.1) is 12.9 Å². The van der Waals surface area contributed by atoms with Crippen LogP contribution in [0.5, 0.6) is 0 Å². The molecule has 1 aliphatic rings. The largest absolute Gasteiger partial charge is 0.501 e. The molecule has 12 heavy (non-hydrogen) atoms. The van der Waals surface area contributed by atoms with E-state index in [1.807, 2.05) is 13.0 Å². The summed E-state index contributed by atoms with van der Waals surface area (Å²) in [5.41, 5.74) is 0. The van der Waals surface area contributed by atoms with Crippen molar-refractivity contribution in [2.24, 2.45) is 11.8 Å². The van der Waals surface area contributed by atoms with Gasteiger partial charge in [-0.05, 0) is 31.6 Å². The first kappa shape index (κ1) is 9.63. The van der Waals surface area contributed by atoms with E-state index in [2.05, 4.69) is 6.92 Å². The SMILES string of the molecule is CC=COCC1CCC(C)CC1. The Balaban J connectivity index is 2.09. The summed E-state index contributed by atoms with van der Waals surface area (Å²) in [4.78, 5) is 0. The zero-order valence-electron chi connectivity index (χ0n) is 8.25. The van der Waals surface area contributed by atoms with Crippen LogP contribution in [0.2, 0.25) is 0 Å². The van der Waals surface area contributed by atoms with E-state index >= 15 is 0 Å². The van der Waals surface area contributed by atoms with Crippen molar-refractivity contribution in [1.29, 1.82) is 0 Å². The van der Waals surface area contributed by atoms with E-state index in [1.54, 1.807) is 6.26 Å². The number of rotatable bonds is 3. The zero-order valence-corrected chi connectivity index (χ0v) is 8.25. The van der Waals surface area contributed by atoms with Crippen LogP contribution in [0.4, 0.5) is 0 Å². The second-order valence-electron chi connectivity index (χ2n) is 3.93. The van der Waals surface area contributed by atoms with Crippen molar-refractivity contribution in [2.75, 3.05) is 6.61 Å². The van der Waals surface area contributed by atoms with Gasteiger partial charge in [0.15, 0.2) is 0 Å². The fraction of sp³-hybridized carbons (Fsp3) is 0.818. The molecule has 0 aromatic rings. The van der Waals surface area contributed by atoms with Crippen LogP contribution < -0.4 is 0 Å². The smallest absolute Gasteiger partial charge is 0.0901 e. The van der Waals surface area contributed by atoms with E-state index in [-0.39, 0.29) is 0 Å². The van der Waals surface area contributed by atoms with Gasteiger partial charge >= 0.3 is 0 Å². The van der Waals surface area contributed by atoms with Gasteiger partial charge in [-0.15, -0.1) is 0 Å². The van der Waals surface area contributed by atoms with Gasteiger partial charge in [-0.2, -0.15) is 0 Å². The van der Waals surface area contributed by atoms with Gasteiger partial charge in [-0.3, -0.25) is 0 Å². The second-order valence-corrected chi connectivity index (χ2v) is 3.93. The van der Waals surface area contributed by atoms with E-state index < -0.39 is 0 Å². The minimum absolute atomic E-state index is 0.817. The summed E-state index contributed by atoms with van der Waals surface area (Å²) in [7, 11) is 0. The first-order valence-electron chi connectivity index (χ1n) is 5.05. The van der Waals surface area contributed by atoms with Crippen molar-refractivity contribution in [3.05, 3.63) is 12.3 Å².